The topological polar surface area (TPSA) is 40.5 Å². The maximum Gasteiger partial charge on any atom is 0.132 e. The lowest BCUT2D eigenvalue weighted by Crippen LogP contribution is -2.37. The van der Waals surface area contributed by atoms with Gasteiger partial charge in [-0.2, -0.15) is 0 Å². The van der Waals surface area contributed by atoms with Crippen molar-refractivity contribution >= 4 is 11.8 Å². The highest BCUT2D eigenvalue weighted by atomic mass is 32.2. The lowest BCUT2D eigenvalue weighted by Gasteiger charge is -2.22. The summed E-state index contributed by atoms with van der Waals surface area (Å²) in [7, 11) is 0. The maximum atomic E-state index is 9.23. The van der Waals surface area contributed by atoms with Crippen LogP contribution in [0.25, 0.3) is 0 Å². The van der Waals surface area contributed by atoms with Gasteiger partial charge < -0.3 is 10.2 Å². The Kier molecular flexibility index (Phi) is 2.05. The molecule has 0 fully saturated rings. The second-order valence-electron chi connectivity index (χ2n) is 2.08. The van der Waals surface area contributed by atoms with Gasteiger partial charge in [-0.05, 0) is 11.5 Å². The Balaban J connectivity index is 2.79. The second-order valence-corrected chi connectivity index (χ2v) is 3.32. The number of thioether (sulfide) groups is 1. The summed E-state index contributed by atoms with van der Waals surface area (Å²) in [6.45, 7) is -0.192. The maximum absolute atomic E-state index is 9.23. The molecule has 1 rings (SSSR count). The first-order valence-corrected chi connectivity index (χ1v) is 3.74. The molecule has 0 radical (unpaired) electrons. The van der Waals surface area contributed by atoms with E-state index in [4.69, 9.17) is 11.5 Å². The van der Waals surface area contributed by atoms with E-state index in [1.165, 1.54) is 11.8 Å². The van der Waals surface area contributed by atoms with Crippen LogP contribution < -0.4 is 0 Å². The van der Waals surface area contributed by atoms with Gasteiger partial charge in [0.2, 0.25) is 0 Å². The number of aliphatic hydroxyl groups excluding tert-OH is 2. The molecular weight excluding hydrogens is 148 g/mol. The predicted molar refractivity (Wildman–Crippen MR) is 41.4 cm³/mol. The van der Waals surface area contributed by atoms with Crippen molar-refractivity contribution in [2.75, 3.05) is 6.61 Å². The van der Waals surface area contributed by atoms with E-state index in [0.29, 0.717) is 0 Å². The molecule has 0 aromatic carbocycles. The van der Waals surface area contributed by atoms with Crippen molar-refractivity contribution in [1.82, 2.24) is 0 Å². The van der Waals surface area contributed by atoms with Gasteiger partial charge in [-0.1, -0.05) is 5.92 Å². The minimum absolute atomic E-state index is 0.192. The smallest absolute Gasteiger partial charge is 0.132 e. The van der Waals surface area contributed by atoms with E-state index in [0.717, 1.165) is 0 Å². The fourth-order valence-electron chi connectivity index (χ4n) is 0.756. The van der Waals surface area contributed by atoms with Crippen LogP contribution in [0.15, 0.2) is 11.5 Å². The second kappa shape index (κ2) is 2.67. The molecule has 1 aliphatic rings. The van der Waals surface area contributed by atoms with Crippen LogP contribution in [-0.4, -0.2) is 27.7 Å². The Hall–Kier alpha value is -0.430. The summed E-state index contributed by atoms with van der Waals surface area (Å²) >= 11 is 1.28. The average molecular weight is 156 g/mol. The Morgan fingerprint density at radius 3 is 2.70 bits per heavy atom. The van der Waals surface area contributed by atoms with Gasteiger partial charge in [0.25, 0.3) is 0 Å². The molecule has 1 heterocycles. The fourth-order valence-corrected chi connectivity index (χ4v) is 1.59. The van der Waals surface area contributed by atoms with E-state index in [1.54, 1.807) is 11.5 Å². The lowest BCUT2D eigenvalue weighted by atomic mass is 10.0. The van der Waals surface area contributed by atoms with Gasteiger partial charge in [0.15, 0.2) is 0 Å². The number of hydrogen-bond donors (Lipinski definition) is 2. The molecule has 2 atom stereocenters. The van der Waals surface area contributed by atoms with Gasteiger partial charge >= 0.3 is 0 Å². The Morgan fingerprint density at radius 2 is 2.50 bits per heavy atom. The summed E-state index contributed by atoms with van der Waals surface area (Å²) in [5.74, 6) is 2.38. The Morgan fingerprint density at radius 1 is 1.80 bits per heavy atom. The number of aliphatic hydroxyl groups is 2. The summed E-state index contributed by atoms with van der Waals surface area (Å²) in [5, 5.41) is 19.8. The minimum Gasteiger partial charge on any atom is -0.394 e. The summed E-state index contributed by atoms with van der Waals surface area (Å²) < 4.78 is -0.819. The third kappa shape index (κ3) is 0.948. The molecule has 10 heavy (non-hydrogen) atoms. The van der Waals surface area contributed by atoms with Gasteiger partial charge in [-0.3, -0.25) is 0 Å². The molecule has 2 N–H and O–H groups in total. The van der Waals surface area contributed by atoms with Crippen LogP contribution in [0, 0.1) is 12.3 Å². The summed E-state index contributed by atoms with van der Waals surface area (Å²) in [4.78, 5) is 0. The van der Waals surface area contributed by atoms with Gasteiger partial charge in [0, 0.05) is 0 Å². The van der Waals surface area contributed by atoms with E-state index < -0.39 is 10.9 Å². The van der Waals surface area contributed by atoms with E-state index in [2.05, 4.69) is 5.92 Å². The molecule has 0 amide bonds. The van der Waals surface area contributed by atoms with Crippen molar-refractivity contribution in [3.63, 3.8) is 0 Å². The first kappa shape index (κ1) is 7.67. The molecule has 0 aliphatic carbocycles. The molecule has 0 spiro atoms. The molecule has 0 aromatic rings. The monoisotopic (exact) mass is 156 g/mol. The predicted octanol–water partition coefficient (Wildman–Crippen LogP) is -0.0279. The van der Waals surface area contributed by atoms with Crippen LogP contribution in [0.1, 0.15) is 0 Å². The van der Waals surface area contributed by atoms with Crippen molar-refractivity contribution in [2.24, 2.45) is 0 Å². The van der Waals surface area contributed by atoms with Crippen molar-refractivity contribution in [3.8, 4) is 12.3 Å². The summed E-state index contributed by atoms with van der Waals surface area (Å²) in [5.41, 5.74) is 0. The zero-order chi connectivity index (χ0) is 7.61. The molecule has 0 saturated heterocycles. The largest absolute Gasteiger partial charge is 0.394 e. The van der Waals surface area contributed by atoms with Crippen molar-refractivity contribution in [2.45, 2.75) is 10.9 Å². The number of rotatable bonds is 1. The number of hydrogen-bond acceptors (Lipinski definition) is 3. The molecule has 1 aliphatic heterocycles. The zero-order valence-electron chi connectivity index (χ0n) is 5.32. The van der Waals surface area contributed by atoms with Crippen LogP contribution in [0.5, 0.6) is 0 Å². The van der Waals surface area contributed by atoms with E-state index >= 15 is 0 Å². The van der Waals surface area contributed by atoms with Crippen molar-refractivity contribution < 1.29 is 10.2 Å². The van der Waals surface area contributed by atoms with Gasteiger partial charge in [-0.25, -0.2) is 0 Å². The van der Waals surface area contributed by atoms with Gasteiger partial charge in [0.1, 0.15) is 10.9 Å². The number of terminal acetylenes is 1. The standard InChI is InChI=1S/C7H8O2S/c1-2-7(5-8)6(9)3-4-10-7/h1,3-4,6,8-9H,5H2. The van der Waals surface area contributed by atoms with E-state index in [-0.39, 0.29) is 6.61 Å². The van der Waals surface area contributed by atoms with E-state index in [9.17, 15) is 5.11 Å². The van der Waals surface area contributed by atoms with Crippen LogP contribution in [0.3, 0.4) is 0 Å². The molecule has 0 saturated carbocycles. The summed E-state index contributed by atoms with van der Waals surface area (Å²) in [6, 6.07) is 0. The highest BCUT2D eigenvalue weighted by Crippen LogP contribution is 2.35. The first-order chi connectivity index (χ1) is 4.75. The molecule has 2 unspecified atom stereocenters. The first-order valence-electron chi connectivity index (χ1n) is 2.86. The fraction of sp³-hybridized carbons (Fsp3) is 0.429. The van der Waals surface area contributed by atoms with Crippen molar-refractivity contribution in [3.05, 3.63) is 11.5 Å². The van der Waals surface area contributed by atoms with Crippen LogP contribution >= 0.6 is 11.8 Å². The highest BCUT2D eigenvalue weighted by molar-refractivity contribution is 8.04. The van der Waals surface area contributed by atoms with Crippen molar-refractivity contribution in [1.29, 1.82) is 0 Å². The van der Waals surface area contributed by atoms with Gasteiger partial charge in [0.05, 0.1) is 6.61 Å². The third-order valence-corrected chi connectivity index (χ3v) is 2.70. The molecule has 0 bridgehead atoms. The lowest BCUT2D eigenvalue weighted by molar-refractivity contribution is 0.153. The molecule has 54 valence electrons. The molecule has 0 aromatic heterocycles. The SMILES string of the molecule is C#CC1(CO)SC=CC1O. The van der Waals surface area contributed by atoms with Gasteiger partial charge in [-0.15, -0.1) is 18.2 Å². The highest BCUT2D eigenvalue weighted by Gasteiger charge is 2.37. The Labute approximate surface area is 63.9 Å². The molecular formula is C7H8O2S. The van der Waals surface area contributed by atoms with Crippen LogP contribution in [0.2, 0.25) is 0 Å². The molecule has 2 nitrogen and oxygen atoms in total. The van der Waals surface area contributed by atoms with E-state index in [1.807, 2.05) is 0 Å². The van der Waals surface area contributed by atoms with Crippen LogP contribution in [0.4, 0.5) is 0 Å². The normalized spacial score (nSPS) is 37.9. The Bertz CT molecular complexity index is 194. The summed E-state index contributed by atoms with van der Waals surface area (Å²) in [6.07, 6.45) is 6.01. The third-order valence-electron chi connectivity index (χ3n) is 1.50. The van der Waals surface area contributed by atoms with Crippen LogP contribution in [-0.2, 0) is 0 Å². The quantitative estimate of drug-likeness (QED) is 0.524. The molecule has 3 heteroatoms. The average Bonchev–Trinajstić information content (AvgIpc) is 2.32. The minimum atomic E-state index is -0.819. The zero-order valence-corrected chi connectivity index (χ0v) is 6.14.